The van der Waals surface area contributed by atoms with E-state index in [4.69, 9.17) is 0 Å². The third kappa shape index (κ3) is 3.27. The molecule has 1 aromatic rings. The fourth-order valence-corrected chi connectivity index (χ4v) is 6.16. The van der Waals surface area contributed by atoms with Gasteiger partial charge in [0.15, 0.2) is 0 Å². The van der Waals surface area contributed by atoms with Crippen molar-refractivity contribution in [2.75, 3.05) is 46.3 Å². The van der Waals surface area contributed by atoms with Crippen LogP contribution in [0.2, 0.25) is 0 Å². The standard InChI is InChI=1S/C24H35N3O2/c1-18(2)15-26-16-23(24(17-26)11-12-25(4)22(24)29)9-13-27(14-10-23)21(28)20-8-6-5-7-19(20)3/h5-8,18H,9-17H2,1-4H3. The Balaban J connectivity index is 1.55. The van der Waals surface area contributed by atoms with Crippen molar-refractivity contribution in [1.82, 2.24) is 14.7 Å². The molecule has 3 fully saturated rings. The number of nitrogens with zero attached hydrogens (tertiary/aromatic N) is 3. The predicted octanol–water partition coefficient (Wildman–Crippen LogP) is 3.04. The molecule has 2 spiro atoms. The molecule has 3 aliphatic rings. The first-order valence-electron chi connectivity index (χ1n) is 11.1. The average Bonchev–Trinajstić information content (AvgIpc) is 3.14. The van der Waals surface area contributed by atoms with Crippen LogP contribution in [-0.4, -0.2) is 72.8 Å². The lowest BCUT2D eigenvalue weighted by Crippen LogP contribution is -2.53. The van der Waals surface area contributed by atoms with Crippen LogP contribution in [0.1, 0.15) is 49.0 Å². The van der Waals surface area contributed by atoms with Crippen molar-refractivity contribution in [2.24, 2.45) is 16.7 Å². The molecule has 0 aliphatic carbocycles. The number of carbonyl (C=O) groups excluding carboxylic acids is 2. The van der Waals surface area contributed by atoms with Crippen molar-refractivity contribution in [2.45, 2.75) is 40.0 Å². The Morgan fingerprint density at radius 1 is 1.07 bits per heavy atom. The summed E-state index contributed by atoms with van der Waals surface area (Å²) in [5.41, 5.74) is 1.59. The molecule has 29 heavy (non-hydrogen) atoms. The molecule has 3 heterocycles. The number of carbonyl (C=O) groups is 2. The van der Waals surface area contributed by atoms with Gasteiger partial charge in [0.05, 0.1) is 5.41 Å². The van der Waals surface area contributed by atoms with E-state index < -0.39 is 0 Å². The number of piperidine rings is 1. The molecule has 3 aliphatic heterocycles. The van der Waals surface area contributed by atoms with Crippen LogP contribution in [-0.2, 0) is 4.79 Å². The zero-order valence-corrected chi connectivity index (χ0v) is 18.4. The minimum Gasteiger partial charge on any atom is -0.345 e. The number of benzene rings is 1. The maximum atomic E-state index is 13.3. The third-order valence-corrected chi connectivity index (χ3v) is 7.67. The summed E-state index contributed by atoms with van der Waals surface area (Å²) >= 11 is 0. The van der Waals surface area contributed by atoms with Crippen LogP contribution >= 0.6 is 0 Å². The quantitative estimate of drug-likeness (QED) is 0.787. The summed E-state index contributed by atoms with van der Waals surface area (Å²) in [5, 5.41) is 0. The second-order valence-corrected chi connectivity index (χ2v) is 10.0. The second-order valence-electron chi connectivity index (χ2n) is 10.0. The van der Waals surface area contributed by atoms with E-state index in [-0.39, 0.29) is 16.7 Å². The maximum Gasteiger partial charge on any atom is 0.254 e. The van der Waals surface area contributed by atoms with Gasteiger partial charge in [0.1, 0.15) is 0 Å². The van der Waals surface area contributed by atoms with Crippen molar-refractivity contribution in [3.05, 3.63) is 35.4 Å². The van der Waals surface area contributed by atoms with E-state index in [1.165, 1.54) is 0 Å². The number of amides is 2. The van der Waals surface area contributed by atoms with Gasteiger partial charge in [0.25, 0.3) is 5.91 Å². The minimum atomic E-state index is -0.256. The van der Waals surface area contributed by atoms with Gasteiger partial charge in [-0.2, -0.15) is 0 Å². The fourth-order valence-electron chi connectivity index (χ4n) is 6.16. The molecular weight excluding hydrogens is 362 g/mol. The number of hydrogen-bond acceptors (Lipinski definition) is 3. The van der Waals surface area contributed by atoms with Crippen LogP contribution in [0.15, 0.2) is 24.3 Å². The molecule has 158 valence electrons. The van der Waals surface area contributed by atoms with E-state index in [1.807, 2.05) is 48.0 Å². The molecule has 5 heteroatoms. The van der Waals surface area contributed by atoms with E-state index in [0.29, 0.717) is 11.8 Å². The summed E-state index contributed by atoms with van der Waals surface area (Å²) < 4.78 is 0. The molecule has 1 atom stereocenters. The number of fused-ring (bicyclic) bond motifs is 1. The highest BCUT2D eigenvalue weighted by molar-refractivity contribution is 5.95. The van der Waals surface area contributed by atoms with E-state index in [9.17, 15) is 9.59 Å². The molecule has 1 unspecified atom stereocenters. The summed E-state index contributed by atoms with van der Waals surface area (Å²) in [7, 11) is 1.95. The van der Waals surface area contributed by atoms with Gasteiger partial charge >= 0.3 is 0 Å². The highest BCUT2D eigenvalue weighted by atomic mass is 16.2. The monoisotopic (exact) mass is 397 g/mol. The number of hydrogen-bond donors (Lipinski definition) is 0. The molecule has 4 rings (SSSR count). The highest BCUT2D eigenvalue weighted by Gasteiger charge is 2.64. The molecule has 0 saturated carbocycles. The van der Waals surface area contributed by atoms with E-state index >= 15 is 0 Å². The van der Waals surface area contributed by atoms with Crippen LogP contribution in [0, 0.1) is 23.7 Å². The third-order valence-electron chi connectivity index (χ3n) is 7.67. The first kappa shape index (κ1) is 20.4. The Bertz CT molecular complexity index is 797. The summed E-state index contributed by atoms with van der Waals surface area (Å²) in [6.07, 6.45) is 2.82. The van der Waals surface area contributed by atoms with Gasteiger partial charge < -0.3 is 14.7 Å². The molecule has 0 radical (unpaired) electrons. The molecule has 0 bridgehead atoms. The highest BCUT2D eigenvalue weighted by Crippen LogP contribution is 2.57. The first-order chi connectivity index (χ1) is 13.8. The smallest absolute Gasteiger partial charge is 0.254 e. The number of aryl methyl sites for hydroxylation is 1. The van der Waals surface area contributed by atoms with E-state index in [2.05, 4.69) is 18.7 Å². The summed E-state index contributed by atoms with van der Waals surface area (Å²) in [4.78, 5) is 32.9. The Morgan fingerprint density at radius 2 is 1.76 bits per heavy atom. The zero-order valence-electron chi connectivity index (χ0n) is 18.4. The Morgan fingerprint density at radius 3 is 2.34 bits per heavy atom. The van der Waals surface area contributed by atoms with Gasteiger partial charge in [-0.1, -0.05) is 32.0 Å². The molecular formula is C24H35N3O2. The molecule has 5 nitrogen and oxygen atoms in total. The summed E-state index contributed by atoms with van der Waals surface area (Å²) in [5.74, 6) is 1.07. The van der Waals surface area contributed by atoms with Gasteiger partial charge in [0.2, 0.25) is 5.91 Å². The summed E-state index contributed by atoms with van der Waals surface area (Å²) in [6.45, 7) is 11.8. The largest absolute Gasteiger partial charge is 0.345 e. The van der Waals surface area contributed by atoms with Crippen molar-refractivity contribution in [3.8, 4) is 0 Å². The van der Waals surface area contributed by atoms with Gasteiger partial charge in [-0.05, 0) is 43.7 Å². The second kappa shape index (κ2) is 7.42. The van der Waals surface area contributed by atoms with Gasteiger partial charge in [-0.15, -0.1) is 0 Å². The Kier molecular flexibility index (Phi) is 5.22. The molecule has 0 aromatic heterocycles. The van der Waals surface area contributed by atoms with Crippen LogP contribution in [0.25, 0.3) is 0 Å². The van der Waals surface area contributed by atoms with Crippen molar-refractivity contribution in [1.29, 1.82) is 0 Å². The minimum absolute atomic E-state index is 0.00620. The Labute approximate surface area is 175 Å². The molecule has 2 amide bonds. The van der Waals surface area contributed by atoms with Crippen molar-refractivity contribution < 1.29 is 9.59 Å². The lowest BCUT2D eigenvalue weighted by atomic mass is 9.60. The van der Waals surface area contributed by atoms with Crippen LogP contribution in [0.4, 0.5) is 0 Å². The predicted molar refractivity (Wildman–Crippen MR) is 115 cm³/mol. The van der Waals surface area contributed by atoms with Crippen LogP contribution in [0.3, 0.4) is 0 Å². The van der Waals surface area contributed by atoms with Gasteiger partial charge in [-0.3, -0.25) is 9.59 Å². The zero-order chi connectivity index (χ0) is 20.8. The van der Waals surface area contributed by atoms with Gasteiger partial charge in [-0.25, -0.2) is 0 Å². The van der Waals surface area contributed by atoms with Crippen LogP contribution in [0.5, 0.6) is 0 Å². The summed E-state index contributed by atoms with van der Waals surface area (Å²) in [6, 6.07) is 7.85. The maximum absolute atomic E-state index is 13.3. The van der Waals surface area contributed by atoms with Crippen molar-refractivity contribution in [3.63, 3.8) is 0 Å². The topological polar surface area (TPSA) is 43.9 Å². The van der Waals surface area contributed by atoms with E-state index in [0.717, 1.165) is 69.7 Å². The first-order valence-corrected chi connectivity index (χ1v) is 11.1. The molecule has 1 aromatic carbocycles. The number of likely N-dealkylation sites (tertiary alicyclic amines) is 3. The lowest BCUT2D eigenvalue weighted by Gasteiger charge is -2.47. The van der Waals surface area contributed by atoms with Crippen LogP contribution < -0.4 is 0 Å². The number of rotatable bonds is 3. The van der Waals surface area contributed by atoms with Gasteiger partial charge in [0, 0.05) is 57.3 Å². The lowest BCUT2D eigenvalue weighted by molar-refractivity contribution is -0.141. The average molecular weight is 398 g/mol. The normalized spacial score (nSPS) is 27.0. The van der Waals surface area contributed by atoms with Crippen molar-refractivity contribution >= 4 is 11.8 Å². The van der Waals surface area contributed by atoms with E-state index in [1.54, 1.807) is 0 Å². The fraction of sp³-hybridized carbons (Fsp3) is 0.667. The molecule has 3 saturated heterocycles. The molecule has 0 N–H and O–H groups in total. The SMILES string of the molecule is Cc1ccccc1C(=O)N1CCC2(CC1)CN(CC(C)C)CC21CCN(C)C1=O. The Hall–Kier alpha value is -1.88.